The maximum absolute atomic E-state index is 11.6. The van der Waals surface area contributed by atoms with Crippen LogP contribution in [0.1, 0.15) is 24.3 Å². The number of carbonyl (C=O) groups excluding carboxylic acids is 1. The molecule has 0 spiro atoms. The van der Waals surface area contributed by atoms with Gasteiger partial charge in [0.05, 0.1) is 0 Å². The second kappa shape index (κ2) is 6.20. The Morgan fingerprint density at radius 2 is 2.35 bits per heavy atom. The van der Waals surface area contributed by atoms with Gasteiger partial charge in [0.1, 0.15) is 5.69 Å². The van der Waals surface area contributed by atoms with Crippen LogP contribution in [0.15, 0.2) is 18.3 Å². The van der Waals surface area contributed by atoms with Crippen molar-refractivity contribution in [2.45, 2.75) is 19.9 Å². The highest BCUT2D eigenvalue weighted by Gasteiger charge is 2.11. The highest BCUT2D eigenvalue weighted by molar-refractivity contribution is 5.93. The quantitative estimate of drug-likeness (QED) is 0.786. The van der Waals surface area contributed by atoms with E-state index >= 15 is 0 Å². The first kappa shape index (κ1) is 13.4. The van der Waals surface area contributed by atoms with E-state index in [2.05, 4.69) is 10.3 Å². The van der Waals surface area contributed by atoms with Gasteiger partial charge >= 0.3 is 0 Å². The van der Waals surface area contributed by atoms with Crippen molar-refractivity contribution in [3.05, 3.63) is 24.0 Å². The fraction of sp³-hybridized carbons (Fsp3) is 0.500. The molecule has 0 aromatic carbocycles. The van der Waals surface area contributed by atoms with Gasteiger partial charge in [-0.2, -0.15) is 0 Å². The molecule has 3 N–H and O–H groups in total. The van der Waals surface area contributed by atoms with Gasteiger partial charge in [-0.1, -0.05) is 0 Å². The Bertz CT molecular complexity index is 381. The number of pyridine rings is 1. The van der Waals surface area contributed by atoms with Crippen LogP contribution in [0.4, 0.5) is 5.69 Å². The maximum Gasteiger partial charge on any atom is 0.269 e. The van der Waals surface area contributed by atoms with Gasteiger partial charge < -0.3 is 16.0 Å². The number of hydrogen-bond acceptors (Lipinski definition) is 4. The van der Waals surface area contributed by atoms with E-state index in [-0.39, 0.29) is 11.9 Å². The summed E-state index contributed by atoms with van der Waals surface area (Å²) in [6, 6.07) is 3.87. The molecule has 1 unspecified atom stereocenters. The van der Waals surface area contributed by atoms with E-state index in [1.807, 2.05) is 31.9 Å². The summed E-state index contributed by atoms with van der Waals surface area (Å²) >= 11 is 0. The van der Waals surface area contributed by atoms with Gasteiger partial charge in [0, 0.05) is 38.1 Å². The molecule has 94 valence electrons. The summed E-state index contributed by atoms with van der Waals surface area (Å²) in [6.45, 7) is 5.08. The Morgan fingerprint density at radius 3 is 2.94 bits per heavy atom. The minimum Gasteiger partial charge on any atom is -0.371 e. The number of likely N-dealkylation sites (N-methyl/N-ethyl adjacent to an activating group) is 1. The van der Waals surface area contributed by atoms with Crippen molar-refractivity contribution in [3.63, 3.8) is 0 Å². The molecule has 0 aliphatic rings. The number of hydrogen-bond donors (Lipinski definition) is 2. The smallest absolute Gasteiger partial charge is 0.269 e. The highest BCUT2D eigenvalue weighted by atomic mass is 16.1. The molecule has 1 aromatic rings. The first-order valence-corrected chi connectivity index (χ1v) is 5.77. The number of rotatable bonds is 5. The average molecular weight is 236 g/mol. The number of nitrogens with one attached hydrogen (secondary N) is 1. The summed E-state index contributed by atoms with van der Waals surface area (Å²) in [5.74, 6) is -0.150. The molecule has 17 heavy (non-hydrogen) atoms. The molecule has 0 aliphatic carbocycles. The summed E-state index contributed by atoms with van der Waals surface area (Å²) in [5.41, 5.74) is 6.99. The first-order chi connectivity index (χ1) is 8.10. The lowest BCUT2D eigenvalue weighted by Crippen LogP contribution is -2.35. The molecule has 1 amide bonds. The Labute approximate surface area is 102 Å². The van der Waals surface area contributed by atoms with Crippen LogP contribution in [0.2, 0.25) is 0 Å². The fourth-order valence-corrected chi connectivity index (χ4v) is 1.43. The minimum atomic E-state index is -0.150. The molecule has 0 saturated heterocycles. The third-order valence-corrected chi connectivity index (χ3v) is 2.72. The molecule has 1 rings (SSSR count). The van der Waals surface area contributed by atoms with Crippen molar-refractivity contribution >= 4 is 11.6 Å². The number of aromatic nitrogens is 1. The van der Waals surface area contributed by atoms with E-state index in [4.69, 9.17) is 5.73 Å². The molecule has 5 heteroatoms. The monoisotopic (exact) mass is 236 g/mol. The molecule has 0 fully saturated rings. The number of nitrogens with two attached hydrogens (primary N) is 1. The van der Waals surface area contributed by atoms with Crippen molar-refractivity contribution in [2.75, 3.05) is 25.0 Å². The molecule has 0 aliphatic heterocycles. The Kier molecular flexibility index (Phi) is 4.90. The number of nitrogens with zero attached hydrogens (tertiary/aromatic N) is 2. The van der Waals surface area contributed by atoms with E-state index in [0.717, 1.165) is 5.69 Å². The van der Waals surface area contributed by atoms with Crippen LogP contribution >= 0.6 is 0 Å². The maximum atomic E-state index is 11.6. The van der Waals surface area contributed by atoms with E-state index in [0.29, 0.717) is 18.8 Å². The van der Waals surface area contributed by atoms with Gasteiger partial charge in [0.15, 0.2) is 0 Å². The van der Waals surface area contributed by atoms with E-state index in [9.17, 15) is 4.79 Å². The van der Waals surface area contributed by atoms with Gasteiger partial charge in [-0.3, -0.25) is 9.78 Å². The van der Waals surface area contributed by atoms with E-state index in [1.54, 1.807) is 12.3 Å². The van der Waals surface area contributed by atoms with Gasteiger partial charge in [-0.25, -0.2) is 0 Å². The summed E-state index contributed by atoms with van der Waals surface area (Å²) in [7, 11) is 1.95. The van der Waals surface area contributed by atoms with Crippen LogP contribution in [-0.4, -0.2) is 37.1 Å². The topological polar surface area (TPSA) is 71.2 Å². The van der Waals surface area contributed by atoms with Crippen LogP contribution in [0.3, 0.4) is 0 Å². The predicted octanol–water partition coefficient (Wildman–Crippen LogP) is 0.615. The second-order valence-corrected chi connectivity index (χ2v) is 3.95. The first-order valence-electron chi connectivity index (χ1n) is 5.77. The molecule has 1 aromatic heterocycles. The fourth-order valence-electron chi connectivity index (χ4n) is 1.43. The number of amides is 1. The van der Waals surface area contributed by atoms with E-state index in [1.165, 1.54) is 0 Å². The Balaban J connectivity index is 2.89. The van der Waals surface area contributed by atoms with Crippen molar-refractivity contribution in [1.82, 2.24) is 10.3 Å². The minimum absolute atomic E-state index is 0.150. The standard InChI is InChI=1S/C12H20N4O/c1-4-14-12(17)11-7-10(5-6-15-11)16(3)9(2)8-13/h5-7,9H,4,8,13H2,1-3H3,(H,14,17). The normalized spacial score (nSPS) is 12.0. The van der Waals surface area contributed by atoms with Gasteiger partial charge in [-0.05, 0) is 26.0 Å². The van der Waals surface area contributed by atoms with Crippen LogP contribution in [0.25, 0.3) is 0 Å². The van der Waals surface area contributed by atoms with Gasteiger partial charge in [0.25, 0.3) is 5.91 Å². The lowest BCUT2D eigenvalue weighted by Gasteiger charge is -2.25. The highest BCUT2D eigenvalue weighted by Crippen LogP contribution is 2.15. The summed E-state index contributed by atoms with van der Waals surface area (Å²) < 4.78 is 0. The van der Waals surface area contributed by atoms with Crippen LogP contribution in [0, 0.1) is 0 Å². The summed E-state index contributed by atoms with van der Waals surface area (Å²) in [6.07, 6.45) is 1.64. The zero-order valence-electron chi connectivity index (χ0n) is 10.6. The molecular weight excluding hydrogens is 216 g/mol. The predicted molar refractivity (Wildman–Crippen MR) is 69.2 cm³/mol. The Morgan fingerprint density at radius 1 is 1.65 bits per heavy atom. The SMILES string of the molecule is CCNC(=O)c1cc(N(C)C(C)CN)ccn1. The molecule has 0 saturated carbocycles. The molecular formula is C12H20N4O. The average Bonchev–Trinajstić information content (AvgIpc) is 2.37. The van der Waals surface area contributed by atoms with E-state index < -0.39 is 0 Å². The zero-order valence-corrected chi connectivity index (χ0v) is 10.6. The number of anilines is 1. The molecule has 1 heterocycles. The summed E-state index contributed by atoms with van der Waals surface area (Å²) in [4.78, 5) is 17.7. The second-order valence-electron chi connectivity index (χ2n) is 3.95. The summed E-state index contributed by atoms with van der Waals surface area (Å²) in [5, 5.41) is 2.73. The molecule has 5 nitrogen and oxygen atoms in total. The van der Waals surface area contributed by atoms with Crippen molar-refractivity contribution in [2.24, 2.45) is 5.73 Å². The molecule has 0 radical (unpaired) electrons. The largest absolute Gasteiger partial charge is 0.371 e. The zero-order chi connectivity index (χ0) is 12.8. The van der Waals surface area contributed by atoms with Crippen LogP contribution in [-0.2, 0) is 0 Å². The molecule has 1 atom stereocenters. The molecule has 0 bridgehead atoms. The lowest BCUT2D eigenvalue weighted by molar-refractivity contribution is 0.0951. The number of carbonyl (C=O) groups is 1. The Hall–Kier alpha value is -1.62. The van der Waals surface area contributed by atoms with Gasteiger partial charge in [-0.15, -0.1) is 0 Å². The van der Waals surface area contributed by atoms with Crippen LogP contribution in [0.5, 0.6) is 0 Å². The van der Waals surface area contributed by atoms with Gasteiger partial charge in [0.2, 0.25) is 0 Å². The lowest BCUT2D eigenvalue weighted by atomic mass is 10.2. The third-order valence-electron chi connectivity index (χ3n) is 2.72. The van der Waals surface area contributed by atoms with Crippen molar-refractivity contribution in [3.8, 4) is 0 Å². The third kappa shape index (κ3) is 3.42. The van der Waals surface area contributed by atoms with Crippen molar-refractivity contribution < 1.29 is 4.79 Å². The van der Waals surface area contributed by atoms with Crippen molar-refractivity contribution in [1.29, 1.82) is 0 Å². The van der Waals surface area contributed by atoms with Crippen LogP contribution < -0.4 is 16.0 Å².